The van der Waals surface area contributed by atoms with Crippen LogP contribution in [0.4, 0.5) is 0 Å². The summed E-state index contributed by atoms with van der Waals surface area (Å²) in [5, 5.41) is 8.01. The first-order valence-electron chi connectivity index (χ1n) is 7.39. The molecule has 1 aromatic rings. The molecule has 0 atom stereocenters. The largest absolute Gasteiger partial charge is 0.312 e. The van der Waals surface area contributed by atoms with Crippen molar-refractivity contribution in [2.24, 2.45) is 11.8 Å². The summed E-state index contributed by atoms with van der Waals surface area (Å²) >= 11 is 0. The van der Waals surface area contributed by atoms with Crippen LogP contribution in [0.15, 0.2) is 12.4 Å². The van der Waals surface area contributed by atoms with Crippen LogP contribution in [0.5, 0.6) is 0 Å². The third-order valence-corrected chi connectivity index (χ3v) is 3.90. The molecule has 0 radical (unpaired) electrons. The van der Waals surface area contributed by atoms with E-state index in [1.165, 1.54) is 31.2 Å². The van der Waals surface area contributed by atoms with Gasteiger partial charge in [0.1, 0.15) is 0 Å². The molecule has 1 aliphatic rings. The Hall–Kier alpha value is -0.830. The first-order chi connectivity index (χ1) is 8.65. The van der Waals surface area contributed by atoms with Crippen LogP contribution in [-0.4, -0.2) is 16.3 Å². The number of nitrogens with one attached hydrogen (secondary N) is 1. The van der Waals surface area contributed by atoms with Crippen LogP contribution in [0.2, 0.25) is 0 Å². The second-order valence-electron chi connectivity index (χ2n) is 6.27. The average molecular weight is 249 g/mol. The quantitative estimate of drug-likeness (QED) is 0.867. The predicted octanol–water partition coefficient (Wildman–Crippen LogP) is 3.38. The van der Waals surface area contributed by atoms with Gasteiger partial charge in [-0.15, -0.1) is 0 Å². The highest BCUT2D eigenvalue weighted by Gasteiger charge is 2.20. The summed E-state index contributed by atoms with van der Waals surface area (Å²) in [5.74, 6) is 1.61. The Morgan fingerprint density at radius 3 is 2.72 bits per heavy atom. The van der Waals surface area contributed by atoms with E-state index < -0.39 is 0 Å². The van der Waals surface area contributed by atoms with Crippen molar-refractivity contribution in [1.82, 2.24) is 15.1 Å². The van der Waals surface area contributed by atoms with Crippen LogP contribution in [0.3, 0.4) is 0 Å². The van der Waals surface area contributed by atoms with E-state index >= 15 is 0 Å². The van der Waals surface area contributed by atoms with Crippen molar-refractivity contribution in [2.45, 2.75) is 59.0 Å². The molecule has 102 valence electrons. The molecule has 1 N–H and O–H groups in total. The van der Waals surface area contributed by atoms with Crippen molar-refractivity contribution >= 4 is 0 Å². The summed E-state index contributed by atoms with van der Waals surface area (Å²) in [6, 6.07) is 0.639. The summed E-state index contributed by atoms with van der Waals surface area (Å²) in [6.07, 6.45) is 9.54. The zero-order valence-corrected chi connectivity index (χ0v) is 12.0. The number of aromatic nitrogens is 2. The number of hydrogen-bond donors (Lipinski definition) is 1. The van der Waals surface area contributed by atoms with E-state index in [1.807, 2.05) is 6.20 Å². The van der Waals surface area contributed by atoms with Gasteiger partial charge in [-0.1, -0.05) is 20.8 Å². The van der Waals surface area contributed by atoms with Crippen molar-refractivity contribution in [3.63, 3.8) is 0 Å². The molecule has 1 heterocycles. The molecule has 0 bridgehead atoms. The Morgan fingerprint density at radius 1 is 1.33 bits per heavy atom. The normalized spacial score (nSPS) is 24.7. The standard InChI is InChI=1S/C15H27N3/c1-12(2)8-16-9-14-10-17-18(11-14)15-6-4-13(3)5-7-15/h10-13,15-16H,4-9H2,1-3H3. The second kappa shape index (κ2) is 6.37. The molecule has 0 saturated heterocycles. The topological polar surface area (TPSA) is 29.9 Å². The van der Waals surface area contributed by atoms with Gasteiger partial charge in [0.2, 0.25) is 0 Å². The minimum Gasteiger partial charge on any atom is -0.312 e. The Morgan fingerprint density at radius 2 is 2.06 bits per heavy atom. The summed E-state index contributed by atoms with van der Waals surface area (Å²) in [6.45, 7) is 8.85. The van der Waals surface area contributed by atoms with Gasteiger partial charge in [0, 0.05) is 18.3 Å². The van der Waals surface area contributed by atoms with Gasteiger partial charge in [0.25, 0.3) is 0 Å². The van der Waals surface area contributed by atoms with Gasteiger partial charge < -0.3 is 5.32 Å². The molecule has 3 nitrogen and oxygen atoms in total. The van der Waals surface area contributed by atoms with Crippen molar-refractivity contribution < 1.29 is 0 Å². The molecule has 1 aromatic heterocycles. The van der Waals surface area contributed by atoms with Crippen LogP contribution in [0.1, 0.15) is 58.1 Å². The highest BCUT2D eigenvalue weighted by Crippen LogP contribution is 2.31. The third-order valence-electron chi connectivity index (χ3n) is 3.90. The molecule has 18 heavy (non-hydrogen) atoms. The summed E-state index contributed by atoms with van der Waals surface area (Å²) in [4.78, 5) is 0. The maximum Gasteiger partial charge on any atom is 0.0534 e. The Balaban J connectivity index is 1.82. The molecular formula is C15H27N3. The molecule has 1 saturated carbocycles. The molecular weight excluding hydrogens is 222 g/mol. The van der Waals surface area contributed by atoms with Crippen molar-refractivity contribution in [2.75, 3.05) is 6.54 Å². The van der Waals surface area contributed by atoms with Crippen molar-refractivity contribution in [1.29, 1.82) is 0 Å². The molecule has 1 aliphatic carbocycles. The number of nitrogens with zero attached hydrogens (tertiary/aromatic N) is 2. The lowest BCUT2D eigenvalue weighted by Crippen LogP contribution is -2.19. The average Bonchev–Trinajstić information content (AvgIpc) is 2.78. The molecule has 0 unspecified atom stereocenters. The van der Waals surface area contributed by atoms with E-state index in [0.29, 0.717) is 12.0 Å². The van der Waals surface area contributed by atoms with Gasteiger partial charge >= 0.3 is 0 Å². The minimum atomic E-state index is 0.639. The van der Waals surface area contributed by atoms with Gasteiger partial charge in [0.15, 0.2) is 0 Å². The third kappa shape index (κ3) is 3.84. The number of hydrogen-bond acceptors (Lipinski definition) is 2. The molecule has 0 aliphatic heterocycles. The van der Waals surface area contributed by atoms with Gasteiger partial charge in [-0.3, -0.25) is 4.68 Å². The van der Waals surface area contributed by atoms with E-state index in [9.17, 15) is 0 Å². The fourth-order valence-corrected chi connectivity index (χ4v) is 2.68. The SMILES string of the molecule is CC(C)CNCc1cnn(C2CCC(C)CC2)c1. The maximum atomic E-state index is 4.54. The van der Waals surface area contributed by atoms with Crippen LogP contribution in [0, 0.1) is 11.8 Å². The first kappa shape index (κ1) is 13.6. The Labute approximate surface area is 111 Å². The molecule has 0 spiro atoms. The predicted molar refractivity (Wildman–Crippen MR) is 75.4 cm³/mol. The van der Waals surface area contributed by atoms with Crippen molar-refractivity contribution in [3.05, 3.63) is 18.0 Å². The Bertz CT molecular complexity index is 348. The van der Waals surface area contributed by atoms with E-state index in [4.69, 9.17) is 0 Å². The highest BCUT2D eigenvalue weighted by atomic mass is 15.3. The zero-order valence-electron chi connectivity index (χ0n) is 12.0. The van der Waals surface area contributed by atoms with Crippen LogP contribution in [-0.2, 0) is 6.54 Å². The molecule has 0 amide bonds. The van der Waals surface area contributed by atoms with Crippen LogP contribution in [0.25, 0.3) is 0 Å². The summed E-state index contributed by atoms with van der Waals surface area (Å²) < 4.78 is 2.19. The number of rotatable bonds is 5. The van der Waals surface area contributed by atoms with Crippen LogP contribution < -0.4 is 5.32 Å². The van der Waals surface area contributed by atoms with Gasteiger partial charge in [-0.25, -0.2) is 0 Å². The lowest BCUT2D eigenvalue weighted by molar-refractivity contribution is 0.274. The van der Waals surface area contributed by atoms with Gasteiger partial charge in [-0.2, -0.15) is 5.10 Å². The highest BCUT2D eigenvalue weighted by molar-refractivity contribution is 5.04. The fourth-order valence-electron chi connectivity index (χ4n) is 2.68. The molecule has 1 fully saturated rings. The van der Waals surface area contributed by atoms with Gasteiger partial charge in [0.05, 0.1) is 12.2 Å². The lowest BCUT2D eigenvalue weighted by Gasteiger charge is -2.26. The molecule has 2 rings (SSSR count). The van der Waals surface area contributed by atoms with E-state index in [-0.39, 0.29) is 0 Å². The zero-order chi connectivity index (χ0) is 13.0. The Kier molecular flexibility index (Phi) is 4.81. The summed E-state index contributed by atoms with van der Waals surface area (Å²) in [7, 11) is 0. The van der Waals surface area contributed by atoms with Crippen molar-refractivity contribution in [3.8, 4) is 0 Å². The monoisotopic (exact) mass is 249 g/mol. The van der Waals surface area contributed by atoms with E-state index in [0.717, 1.165) is 19.0 Å². The molecule has 3 heteroatoms. The van der Waals surface area contributed by atoms with E-state index in [2.05, 4.69) is 42.1 Å². The minimum absolute atomic E-state index is 0.639. The summed E-state index contributed by atoms with van der Waals surface area (Å²) in [5.41, 5.74) is 1.31. The van der Waals surface area contributed by atoms with Crippen LogP contribution >= 0.6 is 0 Å². The lowest BCUT2D eigenvalue weighted by atomic mass is 9.87. The molecule has 0 aromatic carbocycles. The maximum absolute atomic E-state index is 4.54. The first-order valence-corrected chi connectivity index (χ1v) is 7.39. The smallest absolute Gasteiger partial charge is 0.0534 e. The fraction of sp³-hybridized carbons (Fsp3) is 0.800. The van der Waals surface area contributed by atoms with Gasteiger partial charge in [-0.05, 0) is 44.1 Å². The second-order valence-corrected chi connectivity index (χ2v) is 6.27. The van der Waals surface area contributed by atoms with E-state index in [1.54, 1.807) is 0 Å².